The van der Waals surface area contributed by atoms with E-state index in [2.05, 4.69) is 10.6 Å². The van der Waals surface area contributed by atoms with Gasteiger partial charge in [-0.3, -0.25) is 4.79 Å². The fourth-order valence-electron chi connectivity index (χ4n) is 2.05. The van der Waals surface area contributed by atoms with Crippen molar-refractivity contribution in [1.82, 2.24) is 10.6 Å². The number of benzene rings is 1. The van der Waals surface area contributed by atoms with Crippen LogP contribution in [0.25, 0.3) is 0 Å². The van der Waals surface area contributed by atoms with E-state index in [1.165, 1.54) is 6.20 Å². The molecule has 0 aromatic heterocycles. The Labute approximate surface area is 143 Å². The van der Waals surface area contributed by atoms with E-state index in [1.54, 1.807) is 14.2 Å². The minimum atomic E-state index is -0.343. The maximum Gasteiger partial charge on any atom is 0.263 e. The van der Waals surface area contributed by atoms with E-state index in [4.69, 9.17) is 14.7 Å². The van der Waals surface area contributed by atoms with Crippen LogP contribution in [0.5, 0.6) is 11.5 Å². The van der Waals surface area contributed by atoms with Crippen LogP contribution < -0.4 is 20.1 Å². The molecule has 0 aliphatic heterocycles. The van der Waals surface area contributed by atoms with E-state index in [9.17, 15) is 4.79 Å². The monoisotopic (exact) mass is 331 g/mol. The number of methoxy groups -OCH3 is 2. The molecule has 0 saturated heterocycles. The van der Waals surface area contributed by atoms with Crippen LogP contribution in [0.1, 0.15) is 25.3 Å². The number of carbonyl (C=O) groups is 1. The molecule has 1 amide bonds. The van der Waals surface area contributed by atoms with Crippen molar-refractivity contribution in [2.75, 3.05) is 27.3 Å². The van der Waals surface area contributed by atoms with Gasteiger partial charge in [-0.1, -0.05) is 19.4 Å². The molecule has 1 rings (SSSR count). The lowest BCUT2D eigenvalue weighted by Gasteiger charge is -2.09. The number of rotatable bonds is 10. The van der Waals surface area contributed by atoms with Gasteiger partial charge in [-0.25, -0.2) is 0 Å². The molecule has 1 aromatic carbocycles. The third kappa shape index (κ3) is 6.21. The molecule has 0 atom stereocenters. The molecule has 0 aliphatic rings. The molecule has 2 N–H and O–H groups in total. The third-order valence-corrected chi connectivity index (χ3v) is 3.43. The van der Waals surface area contributed by atoms with Crippen LogP contribution in [0.4, 0.5) is 0 Å². The van der Waals surface area contributed by atoms with Crippen molar-refractivity contribution in [2.45, 2.75) is 26.2 Å². The minimum Gasteiger partial charge on any atom is -0.493 e. The summed E-state index contributed by atoms with van der Waals surface area (Å²) in [6, 6.07) is 7.63. The van der Waals surface area contributed by atoms with Gasteiger partial charge in [0.2, 0.25) is 0 Å². The average Bonchev–Trinajstić information content (AvgIpc) is 2.61. The second-order valence-electron chi connectivity index (χ2n) is 5.17. The number of unbranched alkanes of at least 4 members (excludes halogenated alkanes) is 1. The number of amides is 1. The van der Waals surface area contributed by atoms with Crippen LogP contribution in [0.15, 0.2) is 30.0 Å². The van der Waals surface area contributed by atoms with Gasteiger partial charge < -0.3 is 20.1 Å². The van der Waals surface area contributed by atoms with Gasteiger partial charge in [0.1, 0.15) is 11.6 Å². The van der Waals surface area contributed by atoms with Gasteiger partial charge in [-0.2, -0.15) is 5.26 Å². The van der Waals surface area contributed by atoms with Crippen molar-refractivity contribution >= 4 is 5.91 Å². The summed E-state index contributed by atoms with van der Waals surface area (Å²) < 4.78 is 10.5. The lowest BCUT2D eigenvalue weighted by Crippen LogP contribution is -2.26. The van der Waals surface area contributed by atoms with E-state index in [-0.39, 0.29) is 11.5 Å². The normalized spacial score (nSPS) is 10.7. The summed E-state index contributed by atoms with van der Waals surface area (Å²) in [5.74, 6) is 1.02. The molecular formula is C18H25N3O3. The molecule has 6 heteroatoms. The topological polar surface area (TPSA) is 83.4 Å². The average molecular weight is 331 g/mol. The Bertz CT molecular complexity index is 606. The molecule has 1 aromatic rings. The molecule has 0 saturated carbocycles. The second-order valence-corrected chi connectivity index (χ2v) is 5.17. The molecule has 0 spiro atoms. The van der Waals surface area contributed by atoms with Crippen LogP contribution in [-0.2, 0) is 11.2 Å². The highest BCUT2D eigenvalue weighted by molar-refractivity contribution is 5.97. The highest BCUT2D eigenvalue weighted by atomic mass is 16.5. The maximum absolute atomic E-state index is 11.8. The first-order chi connectivity index (χ1) is 11.7. The summed E-state index contributed by atoms with van der Waals surface area (Å²) in [7, 11) is 3.19. The summed E-state index contributed by atoms with van der Waals surface area (Å²) in [5, 5.41) is 14.8. The summed E-state index contributed by atoms with van der Waals surface area (Å²) in [4.78, 5) is 11.8. The number of hydrogen-bond acceptors (Lipinski definition) is 5. The minimum absolute atomic E-state index is 0.0819. The van der Waals surface area contributed by atoms with E-state index < -0.39 is 0 Å². The molecule has 0 radical (unpaired) electrons. The van der Waals surface area contributed by atoms with Gasteiger partial charge >= 0.3 is 0 Å². The molecular weight excluding hydrogens is 306 g/mol. The maximum atomic E-state index is 11.8. The Balaban J connectivity index is 2.51. The largest absolute Gasteiger partial charge is 0.493 e. The lowest BCUT2D eigenvalue weighted by molar-refractivity contribution is -0.117. The Morgan fingerprint density at radius 1 is 1.25 bits per heavy atom. The van der Waals surface area contributed by atoms with Crippen molar-refractivity contribution in [2.24, 2.45) is 0 Å². The van der Waals surface area contributed by atoms with Crippen molar-refractivity contribution in [3.05, 3.63) is 35.5 Å². The number of ether oxygens (including phenoxy) is 2. The fraction of sp³-hybridized carbons (Fsp3) is 0.444. The lowest BCUT2D eigenvalue weighted by atomic mass is 10.1. The Kier molecular flexibility index (Phi) is 8.84. The number of carbonyl (C=O) groups excluding carboxylic acids is 1. The first-order valence-corrected chi connectivity index (χ1v) is 7.99. The summed E-state index contributed by atoms with van der Waals surface area (Å²) in [6.07, 6.45) is 4.09. The number of hydrogen-bond donors (Lipinski definition) is 2. The highest BCUT2D eigenvalue weighted by Crippen LogP contribution is 2.27. The molecule has 130 valence electrons. The standard InChI is InChI=1S/C18H25N3O3/c1-4-5-9-21-18(22)15(12-19)13-20-10-8-14-6-7-16(23-2)17(11-14)24-3/h6-7,11,13,20H,4-5,8-10H2,1-3H3,(H,21,22)/b15-13-. The highest BCUT2D eigenvalue weighted by Gasteiger charge is 2.07. The molecule has 24 heavy (non-hydrogen) atoms. The van der Waals surface area contributed by atoms with Crippen LogP contribution in [0, 0.1) is 11.3 Å². The molecule has 6 nitrogen and oxygen atoms in total. The smallest absolute Gasteiger partial charge is 0.263 e. The SMILES string of the molecule is CCCCNC(=O)/C(C#N)=C\NCCc1ccc(OC)c(OC)c1. The van der Waals surface area contributed by atoms with Gasteiger partial charge in [0.05, 0.1) is 14.2 Å². The Hall–Kier alpha value is -2.68. The van der Waals surface area contributed by atoms with Crippen LogP contribution in [0.3, 0.4) is 0 Å². The molecule has 0 bridgehead atoms. The fourth-order valence-corrected chi connectivity index (χ4v) is 2.05. The van der Waals surface area contributed by atoms with Gasteiger partial charge in [-0.15, -0.1) is 0 Å². The second kappa shape index (κ2) is 10.9. The molecule has 0 fully saturated rings. The summed E-state index contributed by atoms with van der Waals surface area (Å²) in [5.41, 5.74) is 1.15. The summed E-state index contributed by atoms with van der Waals surface area (Å²) >= 11 is 0. The number of nitriles is 1. The zero-order chi connectivity index (χ0) is 17.8. The predicted octanol–water partition coefficient (Wildman–Crippen LogP) is 2.16. The van der Waals surface area contributed by atoms with Crippen LogP contribution in [-0.4, -0.2) is 33.2 Å². The van der Waals surface area contributed by atoms with Gasteiger partial charge in [-0.05, 0) is 30.5 Å². The molecule has 0 unspecified atom stereocenters. The predicted molar refractivity (Wildman–Crippen MR) is 92.9 cm³/mol. The first kappa shape index (κ1) is 19.4. The Morgan fingerprint density at radius 3 is 2.62 bits per heavy atom. The van der Waals surface area contributed by atoms with Crippen molar-refractivity contribution < 1.29 is 14.3 Å². The van der Waals surface area contributed by atoms with E-state index >= 15 is 0 Å². The van der Waals surface area contributed by atoms with Crippen LogP contribution >= 0.6 is 0 Å². The number of nitrogens with one attached hydrogen (secondary N) is 2. The first-order valence-electron chi connectivity index (χ1n) is 7.99. The van der Waals surface area contributed by atoms with E-state index in [0.717, 1.165) is 24.8 Å². The van der Waals surface area contributed by atoms with Gasteiger partial charge in [0, 0.05) is 19.3 Å². The van der Waals surface area contributed by atoms with Gasteiger partial charge in [0.15, 0.2) is 11.5 Å². The zero-order valence-electron chi connectivity index (χ0n) is 14.5. The third-order valence-electron chi connectivity index (χ3n) is 3.43. The van der Waals surface area contributed by atoms with Gasteiger partial charge in [0.25, 0.3) is 5.91 Å². The summed E-state index contributed by atoms with van der Waals surface area (Å²) in [6.45, 7) is 3.23. The van der Waals surface area contributed by atoms with Crippen molar-refractivity contribution in [3.63, 3.8) is 0 Å². The van der Waals surface area contributed by atoms with Crippen LogP contribution in [0.2, 0.25) is 0 Å². The molecule has 0 aliphatic carbocycles. The number of nitrogens with zero attached hydrogens (tertiary/aromatic N) is 1. The zero-order valence-corrected chi connectivity index (χ0v) is 14.5. The Morgan fingerprint density at radius 2 is 2.00 bits per heavy atom. The van der Waals surface area contributed by atoms with E-state index in [1.807, 2.05) is 31.2 Å². The molecule has 0 heterocycles. The quantitative estimate of drug-likeness (QED) is 0.390. The van der Waals surface area contributed by atoms with Crippen molar-refractivity contribution in [3.8, 4) is 17.6 Å². The van der Waals surface area contributed by atoms with E-state index in [0.29, 0.717) is 24.6 Å². The van der Waals surface area contributed by atoms with Crippen molar-refractivity contribution in [1.29, 1.82) is 5.26 Å².